The van der Waals surface area contributed by atoms with Crippen LogP contribution in [0.5, 0.6) is 0 Å². The van der Waals surface area contributed by atoms with E-state index >= 15 is 0 Å². The van der Waals surface area contributed by atoms with Crippen molar-refractivity contribution in [3.63, 3.8) is 0 Å². The monoisotopic (exact) mass is 340 g/mol. The Labute approximate surface area is 145 Å². The normalized spacial score (nSPS) is 11.9. The van der Waals surface area contributed by atoms with Crippen LogP contribution in [0.1, 0.15) is 23.7 Å². The smallest absolute Gasteiger partial charge is 0.222 e. The summed E-state index contributed by atoms with van der Waals surface area (Å²) in [5, 5.41) is 7.76. The minimum absolute atomic E-state index is 0.0684. The molecule has 0 aliphatic carbocycles. The molecular weight excluding hydrogens is 324 g/mol. The highest BCUT2D eigenvalue weighted by Crippen LogP contribution is 2.23. The van der Waals surface area contributed by atoms with E-state index in [9.17, 15) is 4.79 Å². The number of aryl methyl sites for hydroxylation is 1. The van der Waals surface area contributed by atoms with Crippen LogP contribution in [-0.4, -0.2) is 20.7 Å². The Balaban J connectivity index is 1.76. The minimum Gasteiger partial charge on any atom is -0.344 e. The molecule has 1 amide bonds. The molecule has 122 valence electrons. The quantitative estimate of drug-likeness (QED) is 0.749. The predicted molar refractivity (Wildman–Crippen MR) is 92.5 cm³/mol. The standard InChI is InChI=1S/C18H17ClN4O/c19-15-6-3-5-14(13-15)18(16-7-1-2-9-20-16)22-17(24)8-12-23-11-4-10-21-23/h1-7,9-11,13,18H,8,12H2,(H,22,24). The molecule has 1 aromatic carbocycles. The van der Waals surface area contributed by atoms with Crippen LogP contribution >= 0.6 is 11.6 Å². The Kier molecular flexibility index (Phi) is 5.23. The first-order chi connectivity index (χ1) is 11.7. The molecule has 0 aliphatic heterocycles. The molecule has 6 heteroatoms. The first-order valence-electron chi connectivity index (χ1n) is 7.65. The zero-order valence-corrected chi connectivity index (χ0v) is 13.7. The molecule has 1 atom stereocenters. The van der Waals surface area contributed by atoms with E-state index < -0.39 is 0 Å². The molecule has 2 aromatic heterocycles. The van der Waals surface area contributed by atoms with Crippen molar-refractivity contribution in [3.8, 4) is 0 Å². The largest absolute Gasteiger partial charge is 0.344 e. The zero-order valence-electron chi connectivity index (χ0n) is 13.0. The number of rotatable bonds is 6. The van der Waals surface area contributed by atoms with Gasteiger partial charge in [0.15, 0.2) is 0 Å². The van der Waals surface area contributed by atoms with Crippen molar-refractivity contribution in [3.05, 3.63) is 83.4 Å². The Bertz CT molecular complexity index is 790. The van der Waals surface area contributed by atoms with Gasteiger partial charge in [-0.25, -0.2) is 0 Å². The fourth-order valence-electron chi connectivity index (χ4n) is 2.44. The highest BCUT2D eigenvalue weighted by atomic mass is 35.5. The van der Waals surface area contributed by atoms with E-state index in [0.29, 0.717) is 18.0 Å². The third kappa shape index (κ3) is 4.20. The average molecular weight is 341 g/mol. The average Bonchev–Trinajstić information content (AvgIpc) is 3.12. The van der Waals surface area contributed by atoms with Gasteiger partial charge in [-0.1, -0.05) is 29.8 Å². The van der Waals surface area contributed by atoms with E-state index in [1.165, 1.54) is 0 Å². The van der Waals surface area contributed by atoms with Gasteiger partial charge in [0.1, 0.15) is 0 Å². The number of carbonyl (C=O) groups excluding carboxylic acids is 1. The molecule has 5 nitrogen and oxygen atoms in total. The summed E-state index contributed by atoms with van der Waals surface area (Å²) < 4.78 is 1.73. The van der Waals surface area contributed by atoms with Crippen molar-refractivity contribution in [2.24, 2.45) is 0 Å². The molecule has 3 aromatic rings. The van der Waals surface area contributed by atoms with Crippen molar-refractivity contribution in [2.45, 2.75) is 19.0 Å². The molecule has 0 saturated heterocycles. The number of amides is 1. The van der Waals surface area contributed by atoms with E-state index in [2.05, 4.69) is 15.4 Å². The van der Waals surface area contributed by atoms with Gasteiger partial charge in [0.05, 0.1) is 11.7 Å². The SMILES string of the molecule is O=C(CCn1cccn1)NC(c1cccc(Cl)c1)c1ccccn1. The van der Waals surface area contributed by atoms with Gasteiger partial charge in [0, 0.05) is 36.6 Å². The van der Waals surface area contributed by atoms with Crippen molar-refractivity contribution < 1.29 is 4.79 Å². The van der Waals surface area contributed by atoms with Gasteiger partial charge in [-0.15, -0.1) is 0 Å². The van der Waals surface area contributed by atoms with Crippen LogP contribution in [0.25, 0.3) is 0 Å². The zero-order chi connectivity index (χ0) is 16.8. The molecule has 0 bridgehead atoms. The lowest BCUT2D eigenvalue weighted by atomic mass is 10.0. The highest BCUT2D eigenvalue weighted by Gasteiger charge is 2.18. The van der Waals surface area contributed by atoms with Crippen LogP contribution in [0.3, 0.4) is 0 Å². The van der Waals surface area contributed by atoms with Gasteiger partial charge in [0.25, 0.3) is 0 Å². The number of aromatic nitrogens is 3. The molecule has 3 rings (SSSR count). The fraction of sp³-hybridized carbons (Fsp3) is 0.167. The van der Waals surface area contributed by atoms with Crippen LogP contribution in [-0.2, 0) is 11.3 Å². The Hall–Kier alpha value is -2.66. The summed E-state index contributed by atoms with van der Waals surface area (Å²) in [6.45, 7) is 0.531. The number of carbonyl (C=O) groups is 1. The summed E-state index contributed by atoms with van der Waals surface area (Å²) in [5.41, 5.74) is 1.67. The second-order valence-electron chi connectivity index (χ2n) is 5.33. The van der Waals surface area contributed by atoms with E-state index in [0.717, 1.165) is 11.3 Å². The molecule has 0 fully saturated rings. The fourth-order valence-corrected chi connectivity index (χ4v) is 2.64. The maximum atomic E-state index is 12.4. The number of nitrogens with zero attached hydrogens (tertiary/aromatic N) is 3. The van der Waals surface area contributed by atoms with Gasteiger partial charge in [-0.05, 0) is 35.9 Å². The van der Waals surface area contributed by atoms with Gasteiger partial charge >= 0.3 is 0 Å². The van der Waals surface area contributed by atoms with Gasteiger partial charge in [0.2, 0.25) is 5.91 Å². The Morgan fingerprint density at radius 1 is 1.17 bits per heavy atom. The first-order valence-corrected chi connectivity index (χ1v) is 8.03. The summed E-state index contributed by atoms with van der Waals surface area (Å²) in [5.74, 6) is -0.0684. The van der Waals surface area contributed by atoms with Crippen LogP contribution in [0.4, 0.5) is 0 Å². The molecule has 1 N–H and O–H groups in total. The van der Waals surface area contributed by atoms with Crippen LogP contribution in [0.15, 0.2) is 67.1 Å². The molecule has 0 spiro atoms. The van der Waals surface area contributed by atoms with Crippen molar-refractivity contribution >= 4 is 17.5 Å². The van der Waals surface area contributed by atoms with E-state index in [4.69, 9.17) is 11.6 Å². The molecule has 1 unspecified atom stereocenters. The molecule has 0 radical (unpaired) electrons. The number of halogens is 1. The number of benzene rings is 1. The van der Waals surface area contributed by atoms with E-state index in [1.54, 1.807) is 23.1 Å². The van der Waals surface area contributed by atoms with Crippen molar-refractivity contribution in [2.75, 3.05) is 0 Å². The second kappa shape index (κ2) is 7.75. The van der Waals surface area contributed by atoms with Crippen LogP contribution in [0.2, 0.25) is 5.02 Å². The number of hydrogen-bond acceptors (Lipinski definition) is 3. The highest BCUT2D eigenvalue weighted by molar-refractivity contribution is 6.30. The summed E-state index contributed by atoms with van der Waals surface area (Å²) in [7, 11) is 0. The molecule has 0 saturated carbocycles. The minimum atomic E-state index is -0.338. The number of hydrogen-bond donors (Lipinski definition) is 1. The summed E-state index contributed by atoms with van der Waals surface area (Å²) in [4.78, 5) is 16.7. The van der Waals surface area contributed by atoms with Crippen LogP contribution in [0, 0.1) is 0 Å². The Morgan fingerprint density at radius 2 is 2.08 bits per heavy atom. The van der Waals surface area contributed by atoms with Crippen LogP contribution < -0.4 is 5.32 Å². The Morgan fingerprint density at radius 3 is 2.79 bits per heavy atom. The lowest BCUT2D eigenvalue weighted by molar-refractivity contribution is -0.121. The summed E-state index contributed by atoms with van der Waals surface area (Å²) in [6, 6.07) is 14.6. The molecular formula is C18H17ClN4O. The van der Waals surface area contributed by atoms with Crippen molar-refractivity contribution in [1.82, 2.24) is 20.1 Å². The van der Waals surface area contributed by atoms with E-state index in [-0.39, 0.29) is 11.9 Å². The third-order valence-corrected chi connectivity index (χ3v) is 3.83. The van der Waals surface area contributed by atoms with Gasteiger partial charge in [-0.2, -0.15) is 5.10 Å². The molecule has 24 heavy (non-hydrogen) atoms. The number of nitrogens with one attached hydrogen (secondary N) is 1. The third-order valence-electron chi connectivity index (χ3n) is 3.60. The number of pyridine rings is 1. The second-order valence-corrected chi connectivity index (χ2v) is 5.77. The summed E-state index contributed by atoms with van der Waals surface area (Å²) in [6.07, 6.45) is 5.58. The summed E-state index contributed by atoms with van der Waals surface area (Å²) >= 11 is 6.10. The molecule has 0 aliphatic rings. The molecule has 2 heterocycles. The predicted octanol–water partition coefficient (Wildman–Crippen LogP) is 3.23. The maximum absolute atomic E-state index is 12.4. The topological polar surface area (TPSA) is 59.8 Å². The van der Waals surface area contributed by atoms with E-state index in [1.807, 2.05) is 48.7 Å². The van der Waals surface area contributed by atoms with Crippen molar-refractivity contribution in [1.29, 1.82) is 0 Å². The van der Waals surface area contributed by atoms with Gasteiger partial charge < -0.3 is 5.32 Å². The first kappa shape index (κ1) is 16.2. The lowest BCUT2D eigenvalue weighted by Gasteiger charge is -2.19. The lowest BCUT2D eigenvalue weighted by Crippen LogP contribution is -2.30. The van der Waals surface area contributed by atoms with Gasteiger partial charge in [-0.3, -0.25) is 14.5 Å². The maximum Gasteiger partial charge on any atom is 0.222 e.